The lowest BCUT2D eigenvalue weighted by Gasteiger charge is -2.22. The molecule has 20 heavy (non-hydrogen) atoms. The number of carbonyl (C=O) groups excluding carboxylic acids is 1. The first-order chi connectivity index (χ1) is 9.52. The van der Waals surface area contributed by atoms with Crippen molar-refractivity contribution in [3.63, 3.8) is 0 Å². The quantitative estimate of drug-likeness (QED) is 0.875. The van der Waals surface area contributed by atoms with Gasteiger partial charge in [-0.1, -0.05) is 0 Å². The highest BCUT2D eigenvalue weighted by Crippen LogP contribution is 2.21. The van der Waals surface area contributed by atoms with E-state index < -0.39 is 0 Å². The van der Waals surface area contributed by atoms with Crippen molar-refractivity contribution in [2.45, 2.75) is 26.4 Å². The standard InChI is InChI=1S/C13H16N4O3/c1-7-4-10-14-11-9(12(18)17(10)15-7)5-16(13(11)19)8(2)6-20-3/h4,8,14H,5-6H2,1-3H3/t8-/m0/s1. The first kappa shape index (κ1) is 12.9. The molecule has 3 heterocycles. The molecule has 7 nitrogen and oxygen atoms in total. The minimum atomic E-state index is -0.234. The molecule has 7 heteroatoms. The van der Waals surface area contributed by atoms with E-state index in [0.717, 1.165) is 5.69 Å². The molecule has 0 aliphatic carbocycles. The summed E-state index contributed by atoms with van der Waals surface area (Å²) in [5.74, 6) is -0.164. The zero-order valence-electron chi connectivity index (χ0n) is 11.6. The summed E-state index contributed by atoms with van der Waals surface area (Å²) in [6.45, 7) is 4.43. The molecule has 106 valence electrons. The third kappa shape index (κ3) is 1.74. The average molecular weight is 276 g/mol. The van der Waals surface area contributed by atoms with E-state index in [2.05, 4.69) is 10.1 Å². The van der Waals surface area contributed by atoms with Crippen LogP contribution in [0.15, 0.2) is 10.9 Å². The molecule has 2 aromatic rings. The van der Waals surface area contributed by atoms with E-state index in [0.29, 0.717) is 30.1 Å². The van der Waals surface area contributed by atoms with Gasteiger partial charge in [0, 0.05) is 13.2 Å². The number of methoxy groups -OCH3 is 1. The molecule has 1 aliphatic heterocycles. The third-order valence-electron chi connectivity index (χ3n) is 3.58. The van der Waals surface area contributed by atoms with Gasteiger partial charge in [-0.15, -0.1) is 0 Å². The van der Waals surface area contributed by atoms with Crippen LogP contribution in [0.3, 0.4) is 0 Å². The second-order valence-electron chi connectivity index (χ2n) is 5.10. The smallest absolute Gasteiger partial charge is 0.280 e. The Labute approximate surface area is 115 Å². The number of carbonyl (C=O) groups is 1. The van der Waals surface area contributed by atoms with Crippen LogP contribution in [0.4, 0.5) is 0 Å². The van der Waals surface area contributed by atoms with Crippen LogP contribution in [0.25, 0.3) is 5.65 Å². The van der Waals surface area contributed by atoms with Crippen molar-refractivity contribution in [3.8, 4) is 0 Å². The van der Waals surface area contributed by atoms with Gasteiger partial charge in [-0.2, -0.15) is 9.61 Å². The molecule has 3 rings (SSSR count). The van der Waals surface area contributed by atoms with E-state index in [1.54, 1.807) is 25.0 Å². The lowest BCUT2D eigenvalue weighted by Crippen LogP contribution is -2.36. The predicted molar refractivity (Wildman–Crippen MR) is 71.8 cm³/mol. The summed E-state index contributed by atoms with van der Waals surface area (Å²) in [5.41, 5.74) is 1.88. The van der Waals surface area contributed by atoms with Crippen LogP contribution in [0, 0.1) is 6.92 Å². The Bertz CT molecular complexity index is 746. The zero-order valence-corrected chi connectivity index (χ0v) is 11.6. The Kier molecular flexibility index (Phi) is 2.86. The average Bonchev–Trinajstić information content (AvgIpc) is 2.92. The number of hydrogen-bond acceptors (Lipinski definition) is 4. The molecular weight excluding hydrogens is 260 g/mol. The Balaban J connectivity index is 2.10. The van der Waals surface area contributed by atoms with Gasteiger partial charge in [0.05, 0.1) is 30.5 Å². The van der Waals surface area contributed by atoms with Crippen molar-refractivity contribution in [3.05, 3.63) is 33.4 Å². The minimum Gasteiger partial charge on any atom is -0.383 e. The number of aryl methyl sites for hydroxylation is 1. The van der Waals surface area contributed by atoms with Gasteiger partial charge in [0.15, 0.2) is 0 Å². The molecular formula is C13H16N4O3. The highest BCUT2D eigenvalue weighted by atomic mass is 16.5. The summed E-state index contributed by atoms with van der Waals surface area (Å²) >= 11 is 0. The van der Waals surface area contributed by atoms with E-state index in [1.165, 1.54) is 4.52 Å². The number of ether oxygens (including phenoxy) is 1. The lowest BCUT2D eigenvalue weighted by atomic mass is 10.2. The molecule has 0 fully saturated rings. The molecule has 0 unspecified atom stereocenters. The number of aromatic amines is 1. The van der Waals surface area contributed by atoms with E-state index in [-0.39, 0.29) is 17.5 Å². The third-order valence-corrected chi connectivity index (χ3v) is 3.58. The van der Waals surface area contributed by atoms with Gasteiger partial charge in [-0.05, 0) is 13.8 Å². The highest BCUT2D eigenvalue weighted by Gasteiger charge is 2.34. The summed E-state index contributed by atoms with van der Waals surface area (Å²) in [6, 6.07) is 1.66. The summed E-state index contributed by atoms with van der Waals surface area (Å²) in [5, 5.41) is 4.14. The highest BCUT2D eigenvalue weighted by molar-refractivity contribution is 5.97. The summed E-state index contributed by atoms with van der Waals surface area (Å²) in [4.78, 5) is 29.4. The van der Waals surface area contributed by atoms with Crippen LogP contribution >= 0.6 is 0 Å². The van der Waals surface area contributed by atoms with Gasteiger partial charge >= 0.3 is 0 Å². The summed E-state index contributed by atoms with van der Waals surface area (Å²) in [6.07, 6.45) is 0. The van der Waals surface area contributed by atoms with Crippen molar-refractivity contribution in [2.24, 2.45) is 0 Å². The van der Waals surface area contributed by atoms with E-state index in [4.69, 9.17) is 4.74 Å². The van der Waals surface area contributed by atoms with Crippen LogP contribution in [0.5, 0.6) is 0 Å². The summed E-state index contributed by atoms with van der Waals surface area (Å²) in [7, 11) is 1.59. The second-order valence-corrected chi connectivity index (χ2v) is 5.10. The van der Waals surface area contributed by atoms with E-state index in [9.17, 15) is 9.59 Å². The van der Waals surface area contributed by atoms with Crippen LogP contribution in [0.2, 0.25) is 0 Å². The number of nitrogens with zero attached hydrogens (tertiary/aromatic N) is 3. The predicted octanol–water partition coefficient (Wildman–Crippen LogP) is 0.322. The number of rotatable bonds is 3. The molecule has 1 amide bonds. The number of fused-ring (bicyclic) bond motifs is 2. The van der Waals surface area contributed by atoms with Gasteiger partial charge in [-0.25, -0.2) is 0 Å². The maximum atomic E-state index is 12.4. The van der Waals surface area contributed by atoms with Crippen molar-refractivity contribution >= 4 is 11.6 Å². The topological polar surface area (TPSA) is 79.7 Å². The zero-order chi connectivity index (χ0) is 14.4. The Morgan fingerprint density at radius 1 is 1.50 bits per heavy atom. The normalized spacial score (nSPS) is 15.9. The molecule has 0 aromatic carbocycles. The Morgan fingerprint density at radius 2 is 2.25 bits per heavy atom. The lowest BCUT2D eigenvalue weighted by molar-refractivity contribution is 0.0584. The number of amides is 1. The maximum Gasteiger partial charge on any atom is 0.280 e. The molecule has 0 saturated carbocycles. The number of hydrogen-bond donors (Lipinski definition) is 1. The van der Waals surface area contributed by atoms with Gasteiger partial charge in [0.1, 0.15) is 11.3 Å². The number of aromatic nitrogens is 3. The van der Waals surface area contributed by atoms with E-state index >= 15 is 0 Å². The molecule has 2 aromatic heterocycles. The van der Waals surface area contributed by atoms with Gasteiger partial charge in [0.25, 0.3) is 11.5 Å². The molecule has 0 bridgehead atoms. The van der Waals surface area contributed by atoms with Crippen molar-refractivity contribution < 1.29 is 9.53 Å². The second kappa shape index (κ2) is 4.45. The van der Waals surface area contributed by atoms with Crippen LogP contribution < -0.4 is 5.56 Å². The molecule has 0 saturated heterocycles. The number of H-pyrrole nitrogens is 1. The van der Waals surface area contributed by atoms with Gasteiger partial charge in [0.2, 0.25) is 0 Å². The first-order valence-corrected chi connectivity index (χ1v) is 6.44. The molecule has 1 atom stereocenters. The first-order valence-electron chi connectivity index (χ1n) is 6.44. The molecule has 1 aliphatic rings. The SMILES string of the molecule is COC[C@H](C)N1Cc2c([nH]c3cc(C)nn3c2=O)C1=O. The Morgan fingerprint density at radius 3 is 2.95 bits per heavy atom. The summed E-state index contributed by atoms with van der Waals surface area (Å²) < 4.78 is 6.38. The molecule has 1 N–H and O–H groups in total. The van der Waals surface area contributed by atoms with Crippen molar-refractivity contribution in [1.82, 2.24) is 19.5 Å². The molecule has 0 radical (unpaired) electrons. The largest absolute Gasteiger partial charge is 0.383 e. The van der Waals surface area contributed by atoms with Gasteiger partial charge in [-0.3, -0.25) is 9.59 Å². The fourth-order valence-corrected chi connectivity index (χ4v) is 2.58. The number of nitrogens with one attached hydrogen (secondary N) is 1. The van der Waals surface area contributed by atoms with Gasteiger partial charge < -0.3 is 14.6 Å². The van der Waals surface area contributed by atoms with Crippen molar-refractivity contribution in [1.29, 1.82) is 0 Å². The van der Waals surface area contributed by atoms with Crippen molar-refractivity contribution in [2.75, 3.05) is 13.7 Å². The monoisotopic (exact) mass is 276 g/mol. The van der Waals surface area contributed by atoms with Crippen LogP contribution in [-0.4, -0.2) is 45.2 Å². The Hall–Kier alpha value is -2.15. The fourth-order valence-electron chi connectivity index (χ4n) is 2.58. The van der Waals surface area contributed by atoms with Crippen LogP contribution in [-0.2, 0) is 11.3 Å². The maximum absolute atomic E-state index is 12.4. The van der Waals surface area contributed by atoms with E-state index in [1.807, 2.05) is 6.92 Å². The fraction of sp³-hybridized carbons (Fsp3) is 0.462. The molecule has 0 spiro atoms. The van der Waals surface area contributed by atoms with Crippen LogP contribution in [0.1, 0.15) is 28.7 Å². The minimum absolute atomic E-state index is 0.0817.